The molecule has 38 heavy (non-hydrogen) atoms. The number of anilines is 2. The molecule has 2 fully saturated rings. The van der Waals surface area contributed by atoms with Gasteiger partial charge in [-0.25, -0.2) is 0 Å². The molecule has 0 saturated carbocycles. The predicted molar refractivity (Wildman–Crippen MR) is 160 cm³/mol. The van der Waals surface area contributed by atoms with E-state index in [1.807, 2.05) is 37.8 Å². The van der Waals surface area contributed by atoms with Crippen molar-refractivity contribution in [2.75, 3.05) is 43.4 Å². The Kier molecular flexibility index (Phi) is 7.87. The number of aryl methyl sites for hydroxylation is 1. The molecule has 2 saturated heterocycles. The quantitative estimate of drug-likeness (QED) is 0.351. The van der Waals surface area contributed by atoms with E-state index >= 15 is 0 Å². The van der Waals surface area contributed by atoms with Crippen LogP contribution in [0.4, 0.5) is 11.4 Å². The summed E-state index contributed by atoms with van der Waals surface area (Å²) >= 11 is 0. The molecule has 1 aromatic carbocycles. The standard InChI is InChI=1S/C32H38N6/c1-23-10-11-26(27-18-29(22-34-20-27)38-16-6-5-7-17-38)19-30(23)32(33-4)24(2)36-28-12-13-31(35-21-28)25(3)37-14-8-9-15-37/h10-13,18-22,36H,2-3,5-9,14-17H2,1,4H3. The van der Waals surface area contributed by atoms with E-state index < -0.39 is 0 Å². The summed E-state index contributed by atoms with van der Waals surface area (Å²) in [5, 5.41) is 3.42. The van der Waals surface area contributed by atoms with Crippen LogP contribution in [0.5, 0.6) is 0 Å². The second-order valence-corrected chi connectivity index (χ2v) is 10.3. The van der Waals surface area contributed by atoms with E-state index in [1.54, 1.807) is 0 Å². The molecule has 0 unspecified atom stereocenters. The maximum Gasteiger partial charge on any atom is 0.0874 e. The fraction of sp³-hybridized carbons (Fsp3) is 0.344. The number of rotatable bonds is 8. The molecule has 5 rings (SSSR count). The van der Waals surface area contributed by atoms with Crippen LogP contribution in [0.25, 0.3) is 16.8 Å². The summed E-state index contributed by atoms with van der Waals surface area (Å²) in [6.45, 7) is 15.0. The van der Waals surface area contributed by atoms with E-state index in [9.17, 15) is 0 Å². The van der Waals surface area contributed by atoms with Gasteiger partial charge in [-0.15, -0.1) is 0 Å². The summed E-state index contributed by atoms with van der Waals surface area (Å²) in [6, 6.07) is 12.8. The van der Waals surface area contributed by atoms with E-state index in [4.69, 9.17) is 0 Å². The van der Waals surface area contributed by atoms with E-state index in [0.29, 0.717) is 0 Å². The van der Waals surface area contributed by atoms with Crippen molar-refractivity contribution in [3.8, 4) is 11.1 Å². The number of nitrogens with one attached hydrogen (secondary N) is 1. The number of likely N-dealkylation sites (tertiary alicyclic amines) is 1. The third kappa shape index (κ3) is 5.64. The van der Waals surface area contributed by atoms with Gasteiger partial charge >= 0.3 is 0 Å². The minimum Gasteiger partial charge on any atom is -0.370 e. The monoisotopic (exact) mass is 506 g/mol. The van der Waals surface area contributed by atoms with Crippen LogP contribution in [0.1, 0.15) is 48.9 Å². The molecule has 0 bridgehead atoms. The number of hydrogen-bond donors (Lipinski definition) is 1. The first-order valence-electron chi connectivity index (χ1n) is 13.7. The van der Waals surface area contributed by atoms with Crippen LogP contribution in [-0.4, -0.2) is 53.8 Å². The highest BCUT2D eigenvalue weighted by Gasteiger charge is 2.17. The van der Waals surface area contributed by atoms with Crippen LogP contribution in [-0.2, 0) is 0 Å². The van der Waals surface area contributed by atoms with Gasteiger partial charge in [-0.3, -0.25) is 15.0 Å². The van der Waals surface area contributed by atoms with Gasteiger partial charge in [0.1, 0.15) is 0 Å². The van der Waals surface area contributed by atoms with E-state index in [0.717, 1.165) is 76.9 Å². The summed E-state index contributed by atoms with van der Waals surface area (Å²) in [4.78, 5) is 18.6. The third-order valence-corrected chi connectivity index (χ3v) is 7.62. The number of benzene rings is 1. The number of hydrogen-bond acceptors (Lipinski definition) is 6. The van der Waals surface area contributed by atoms with Crippen LogP contribution in [0.2, 0.25) is 0 Å². The van der Waals surface area contributed by atoms with Crippen LogP contribution in [0, 0.1) is 6.92 Å². The Labute approximate surface area is 226 Å². The summed E-state index contributed by atoms with van der Waals surface area (Å²) in [7, 11) is 1.81. The van der Waals surface area contributed by atoms with E-state index in [1.165, 1.54) is 37.8 Å². The lowest BCUT2D eigenvalue weighted by Crippen LogP contribution is -2.29. The number of pyridine rings is 2. The molecule has 0 amide bonds. The zero-order chi connectivity index (χ0) is 26.5. The zero-order valence-electron chi connectivity index (χ0n) is 22.7. The molecular weight excluding hydrogens is 468 g/mol. The number of aromatic nitrogens is 2. The minimum absolute atomic E-state index is 0.737. The molecule has 0 spiro atoms. The molecule has 0 radical (unpaired) electrons. The maximum atomic E-state index is 4.66. The SMILES string of the molecule is C=C(Nc1ccc(C(=C)N2CCCC2)nc1)C(=NC)c1cc(-c2cncc(N3CCCCC3)c2)ccc1C. The van der Waals surface area contributed by atoms with Gasteiger partial charge in [0.2, 0.25) is 0 Å². The Balaban J connectivity index is 1.33. The molecule has 2 aliphatic heterocycles. The Morgan fingerprint density at radius 1 is 0.868 bits per heavy atom. The number of nitrogens with zero attached hydrogens (tertiary/aromatic N) is 5. The molecule has 6 nitrogen and oxygen atoms in total. The third-order valence-electron chi connectivity index (χ3n) is 7.62. The summed E-state index contributed by atoms with van der Waals surface area (Å²) in [5.41, 5.74) is 9.98. The molecule has 6 heteroatoms. The van der Waals surface area contributed by atoms with E-state index in [2.05, 4.69) is 74.4 Å². The second-order valence-electron chi connectivity index (χ2n) is 10.3. The smallest absolute Gasteiger partial charge is 0.0874 e. The molecule has 3 aromatic rings. The fourth-order valence-electron chi connectivity index (χ4n) is 5.41. The van der Waals surface area contributed by atoms with Crippen molar-refractivity contribution in [3.05, 3.63) is 90.7 Å². The van der Waals surface area contributed by atoms with Gasteiger partial charge in [-0.2, -0.15) is 0 Å². The van der Waals surface area contributed by atoms with Crippen molar-refractivity contribution in [1.29, 1.82) is 0 Å². The highest BCUT2D eigenvalue weighted by molar-refractivity contribution is 6.15. The first kappa shape index (κ1) is 25.7. The lowest BCUT2D eigenvalue weighted by molar-refractivity contribution is 0.492. The first-order chi connectivity index (χ1) is 18.5. The molecular formula is C32H38N6. The maximum absolute atomic E-state index is 4.66. The molecule has 4 heterocycles. The molecule has 1 N–H and O–H groups in total. The Morgan fingerprint density at radius 2 is 1.63 bits per heavy atom. The van der Waals surface area contributed by atoms with Crippen LogP contribution in [0.15, 0.2) is 78.8 Å². The van der Waals surface area contributed by atoms with E-state index in [-0.39, 0.29) is 0 Å². The van der Waals surface area contributed by atoms with Crippen LogP contribution >= 0.6 is 0 Å². The summed E-state index contributed by atoms with van der Waals surface area (Å²) in [5.74, 6) is 0. The normalized spacial score (nSPS) is 16.0. The number of aliphatic imine (C=N–C) groups is 1. The molecule has 196 valence electrons. The topological polar surface area (TPSA) is 56.6 Å². The van der Waals surface area contributed by atoms with Gasteiger partial charge < -0.3 is 15.1 Å². The van der Waals surface area contributed by atoms with Gasteiger partial charge in [0.25, 0.3) is 0 Å². The zero-order valence-corrected chi connectivity index (χ0v) is 22.7. The molecule has 2 aliphatic rings. The minimum atomic E-state index is 0.737. The van der Waals surface area contributed by atoms with Gasteiger partial charge in [0.05, 0.1) is 46.6 Å². The highest BCUT2D eigenvalue weighted by atomic mass is 15.2. The molecule has 2 aromatic heterocycles. The van der Waals surface area contributed by atoms with Crippen molar-refractivity contribution in [1.82, 2.24) is 14.9 Å². The van der Waals surface area contributed by atoms with Crippen molar-refractivity contribution in [3.63, 3.8) is 0 Å². The lowest BCUT2D eigenvalue weighted by atomic mass is 9.96. The summed E-state index contributed by atoms with van der Waals surface area (Å²) < 4.78 is 0. The Bertz CT molecular complexity index is 1330. The largest absolute Gasteiger partial charge is 0.370 e. The van der Waals surface area contributed by atoms with Crippen LogP contribution < -0.4 is 10.2 Å². The number of piperidine rings is 1. The molecule has 0 atom stereocenters. The van der Waals surface area contributed by atoms with Crippen molar-refractivity contribution in [2.45, 2.75) is 39.0 Å². The Hall–Kier alpha value is -3.93. The summed E-state index contributed by atoms with van der Waals surface area (Å²) in [6.07, 6.45) is 12.0. The van der Waals surface area contributed by atoms with Gasteiger partial charge in [-0.05, 0) is 74.4 Å². The van der Waals surface area contributed by atoms with Crippen molar-refractivity contribution >= 4 is 22.8 Å². The average molecular weight is 507 g/mol. The molecule has 0 aliphatic carbocycles. The Morgan fingerprint density at radius 3 is 2.34 bits per heavy atom. The van der Waals surface area contributed by atoms with Gasteiger partial charge in [0, 0.05) is 50.6 Å². The van der Waals surface area contributed by atoms with Crippen LogP contribution in [0.3, 0.4) is 0 Å². The number of allylic oxidation sites excluding steroid dienone is 1. The van der Waals surface area contributed by atoms with Gasteiger partial charge in [-0.1, -0.05) is 25.3 Å². The average Bonchev–Trinajstić information content (AvgIpc) is 3.50. The first-order valence-corrected chi connectivity index (χ1v) is 13.7. The van der Waals surface area contributed by atoms with Crippen molar-refractivity contribution in [2.24, 2.45) is 4.99 Å². The fourth-order valence-corrected chi connectivity index (χ4v) is 5.41. The predicted octanol–water partition coefficient (Wildman–Crippen LogP) is 6.55. The lowest BCUT2D eigenvalue weighted by Gasteiger charge is -2.28. The second kappa shape index (κ2) is 11.6. The highest BCUT2D eigenvalue weighted by Crippen LogP contribution is 2.28. The van der Waals surface area contributed by atoms with Gasteiger partial charge in [0.15, 0.2) is 0 Å². The van der Waals surface area contributed by atoms with Crippen molar-refractivity contribution < 1.29 is 0 Å².